The first-order chi connectivity index (χ1) is 9.72. The molecule has 1 aliphatic carbocycles. The van der Waals surface area contributed by atoms with Gasteiger partial charge in [0, 0.05) is 11.0 Å². The molecule has 2 rings (SSSR count). The van der Waals surface area contributed by atoms with Gasteiger partial charge in [0.05, 0.1) is 10.5 Å². The molecule has 1 saturated carbocycles. The van der Waals surface area contributed by atoms with Gasteiger partial charge in [-0.1, -0.05) is 6.92 Å². The Morgan fingerprint density at radius 1 is 1.43 bits per heavy atom. The smallest absolute Gasteiger partial charge is 0.241 e. The summed E-state index contributed by atoms with van der Waals surface area (Å²) < 4.78 is 40.1. The van der Waals surface area contributed by atoms with Crippen LogP contribution in [0.1, 0.15) is 32.6 Å². The lowest BCUT2D eigenvalue weighted by molar-refractivity contribution is -0.00183. The van der Waals surface area contributed by atoms with Crippen LogP contribution in [0, 0.1) is 11.7 Å². The topological polar surface area (TPSA) is 66.4 Å². The molecule has 0 aliphatic heterocycles. The first-order valence-electron chi connectivity index (χ1n) is 6.89. The Hall–Kier alpha value is -0.500. The molecule has 4 nitrogen and oxygen atoms in total. The average Bonchev–Trinajstić information content (AvgIpc) is 2.40. The summed E-state index contributed by atoms with van der Waals surface area (Å²) in [6, 6.07) is 3.40. The number of hydrogen-bond donors (Lipinski definition) is 2. The predicted molar refractivity (Wildman–Crippen MR) is 81.9 cm³/mol. The molecule has 0 heterocycles. The van der Waals surface area contributed by atoms with E-state index in [1.54, 1.807) is 0 Å². The molecule has 0 unspecified atom stereocenters. The van der Waals surface area contributed by atoms with Gasteiger partial charge in [-0.3, -0.25) is 0 Å². The van der Waals surface area contributed by atoms with Crippen LogP contribution in [0.15, 0.2) is 27.6 Å². The van der Waals surface area contributed by atoms with Crippen molar-refractivity contribution in [1.29, 1.82) is 0 Å². The SMILES string of the molecule is CC1CCC(O)(CNS(=O)(=O)c2ccc(F)cc2Br)CC1. The minimum atomic E-state index is -3.78. The molecular formula is C14H19BrFNO3S. The van der Waals surface area contributed by atoms with Gasteiger partial charge >= 0.3 is 0 Å². The molecule has 0 saturated heterocycles. The van der Waals surface area contributed by atoms with E-state index in [2.05, 4.69) is 27.6 Å². The minimum absolute atomic E-state index is 0.0220. The summed E-state index contributed by atoms with van der Waals surface area (Å²) in [7, 11) is -3.78. The number of hydrogen-bond acceptors (Lipinski definition) is 3. The quantitative estimate of drug-likeness (QED) is 0.844. The van der Waals surface area contributed by atoms with Crippen molar-refractivity contribution in [2.24, 2.45) is 5.92 Å². The molecule has 1 fully saturated rings. The number of sulfonamides is 1. The van der Waals surface area contributed by atoms with Crippen LogP contribution >= 0.6 is 15.9 Å². The summed E-state index contributed by atoms with van der Waals surface area (Å²) >= 11 is 3.05. The average molecular weight is 380 g/mol. The van der Waals surface area contributed by atoms with Crippen molar-refractivity contribution in [2.75, 3.05) is 6.54 Å². The maximum absolute atomic E-state index is 13.0. The lowest BCUT2D eigenvalue weighted by atomic mass is 9.80. The fourth-order valence-corrected chi connectivity index (χ4v) is 4.64. The van der Waals surface area contributed by atoms with Crippen molar-refractivity contribution < 1.29 is 17.9 Å². The van der Waals surface area contributed by atoms with E-state index >= 15 is 0 Å². The highest BCUT2D eigenvalue weighted by molar-refractivity contribution is 9.10. The largest absolute Gasteiger partial charge is 0.389 e. The van der Waals surface area contributed by atoms with E-state index in [0.717, 1.165) is 25.0 Å². The van der Waals surface area contributed by atoms with Crippen molar-refractivity contribution in [3.63, 3.8) is 0 Å². The lowest BCUT2D eigenvalue weighted by Gasteiger charge is -2.34. The Labute approximate surface area is 132 Å². The Balaban J connectivity index is 2.08. The highest BCUT2D eigenvalue weighted by atomic mass is 79.9. The van der Waals surface area contributed by atoms with E-state index < -0.39 is 21.4 Å². The van der Waals surface area contributed by atoms with Gasteiger partial charge in [-0.15, -0.1) is 0 Å². The molecule has 118 valence electrons. The number of nitrogens with one attached hydrogen (secondary N) is 1. The summed E-state index contributed by atoms with van der Waals surface area (Å²) in [6.45, 7) is 2.10. The zero-order valence-corrected chi connectivity index (χ0v) is 14.2. The normalized spacial score (nSPS) is 26.8. The van der Waals surface area contributed by atoms with Crippen LogP contribution < -0.4 is 4.72 Å². The van der Waals surface area contributed by atoms with Crippen molar-refractivity contribution in [3.05, 3.63) is 28.5 Å². The van der Waals surface area contributed by atoms with Gasteiger partial charge in [-0.2, -0.15) is 0 Å². The Morgan fingerprint density at radius 3 is 2.62 bits per heavy atom. The highest BCUT2D eigenvalue weighted by Crippen LogP contribution is 2.32. The standard InChI is InChI=1S/C14H19BrFNO3S/c1-10-4-6-14(18,7-5-10)9-17-21(19,20)13-3-2-11(16)8-12(13)15/h2-3,8,10,17-18H,4-7,9H2,1H3. The number of benzene rings is 1. The van der Waals surface area contributed by atoms with Crippen molar-refractivity contribution in [2.45, 2.75) is 43.1 Å². The van der Waals surface area contributed by atoms with Crippen molar-refractivity contribution in [3.8, 4) is 0 Å². The van der Waals surface area contributed by atoms with Crippen LogP contribution in [0.4, 0.5) is 4.39 Å². The molecule has 1 aromatic carbocycles. The van der Waals surface area contributed by atoms with E-state index in [0.29, 0.717) is 18.8 Å². The molecule has 1 aromatic rings. The summed E-state index contributed by atoms with van der Waals surface area (Å²) in [6.07, 6.45) is 2.94. The number of rotatable bonds is 4. The van der Waals surface area contributed by atoms with Crippen LogP contribution in [-0.2, 0) is 10.0 Å². The molecule has 7 heteroatoms. The van der Waals surface area contributed by atoms with Crippen molar-refractivity contribution in [1.82, 2.24) is 4.72 Å². The van der Waals surface area contributed by atoms with Gasteiger partial charge in [0.25, 0.3) is 0 Å². The first kappa shape index (κ1) is 16.9. The van der Waals surface area contributed by atoms with Crippen LogP contribution in [0.3, 0.4) is 0 Å². The Morgan fingerprint density at radius 2 is 2.05 bits per heavy atom. The fraction of sp³-hybridized carbons (Fsp3) is 0.571. The summed E-state index contributed by atoms with van der Waals surface area (Å²) in [5.74, 6) is 0.0499. The van der Waals surface area contributed by atoms with Crippen molar-refractivity contribution >= 4 is 26.0 Å². The zero-order valence-electron chi connectivity index (χ0n) is 11.8. The fourth-order valence-electron chi connectivity index (χ4n) is 2.48. The number of aliphatic hydroxyl groups is 1. The minimum Gasteiger partial charge on any atom is -0.389 e. The van der Waals surface area contributed by atoms with Gasteiger partial charge in [0.2, 0.25) is 10.0 Å². The number of halogens is 2. The molecule has 0 radical (unpaired) electrons. The van der Waals surface area contributed by atoms with Crippen LogP contribution in [0.5, 0.6) is 0 Å². The van der Waals surface area contributed by atoms with E-state index in [9.17, 15) is 17.9 Å². The van der Waals surface area contributed by atoms with Gasteiger partial charge < -0.3 is 5.11 Å². The second kappa shape index (κ2) is 6.32. The van der Waals surface area contributed by atoms with E-state index in [1.807, 2.05) is 0 Å². The van der Waals surface area contributed by atoms with E-state index in [1.165, 1.54) is 6.07 Å². The zero-order chi connectivity index (χ0) is 15.7. The van der Waals surface area contributed by atoms with E-state index in [-0.39, 0.29) is 15.9 Å². The predicted octanol–water partition coefficient (Wildman–Crippen LogP) is 2.81. The summed E-state index contributed by atoms with van der Waals surface area (Å²) in [4.78, 5) is -0.0309. The molecule has 0 amide bonds. The Kier molecular flexibility index (Phi) is 5.07. The van der Waals surface area contributed by atoms with E-state index in [4.69, 9.17) is 0 Å². The van der Waals surface area contributed by atoms with Gasteiger partial charge in [0.15, 0.2) is 0 Å². The second-order valence-corrected chi connectivity index (χ2v) is 8.40. The van der Waals surface area contributed by atoms with Crippen LogP contribution in [-0.4, -0.2) is 25.7 Å². The monoisotopic (exact) mass is 379 g/mol. The summed E-state index contributed by atoms with van der Waals surface area (Å²) in [5.41, 5.74) is -0.994. The van der Waals surface area contributed by atoms with Gasteiger partial charge in [0.1, 0.15) is 5.82 Å². The third-order valence-electron chi connectivity index (χ3n) is 3.98. The molecule has 0 atom stereocenters. The highest BCUT2D eigenvalue weighted by Gasteiger charge is 2.33. The molecule has 0 aromatic heterocycles. The molecule has 1 aliphatic rings. The molecule has 0 spiro atoms. The maximum atomic E-state index is 13.0. The third-order valence-corrected chi connectivity index (χ3v) is 6.36. The van der Waals surface area contributed by atoms with Crippen LogP contribution in [0.2, 0.25) is 0 Å². The third kappa shape index (κ3) is 4.25. The van der Waals surface area contributed by atoms with Gasteiger partial charge in [-0.05, 0) is 65.7 Å². The summed E-state index contributed by atoms with van der Waals surface area (Å²) in [5, 5.41) is 10.4. The lowest BCUT2D eigenvalue weighted by Crippen LogP contribution is -2.45. The van der Waals surface area contributed by atoms with Gasteiger partial charge in [-0.25, -0.2) is 17.5 Å². The first-order valence-corrected chi connectivity index (χ1v) is 9.17. The second-order valence-electron chi connectivity index (χ2n) is 5.81. The Bertz CT molecular complexity index is 613. The molecule has 21 heavy (non-hydrogen) atoms. The maximum Gasteiger partial charge on any atom is 0.241 e. The molecule has 0 bridgehead atoms. The molecular weight excluding hydrogens is 361 g/mol. The molecule has 2 N–H and O–H groups in total. The van der Waals surface area contributed by atoms with Crippen LogP contribution in [0.25, 0.3) is 0 Å².